The van der Waals surface area contributed by atoms with Crippen LogP contribution in [0.5, 0.6) is 0 Å². The predicted octanol–water partition coefficient (Wildman–Crippen LogP) is 2.04. The molecule has 20 heavy (non-hydrogen) atoms. The van der Waals surface area contributed by atoms with E-state index in [0.717, 1.165) is 0 Å². The molecular weight excluding hydrogens is 256 g/mol. The molecule has 1 saturated carbocycles. The second-order valence-corrected chi connectivity index (χ2v) is 4.87. The average Bonchev–Trinajstić information content (AvgIpc) is 2.87. The summed E-state index contributed by atoms with van der Waals surface area (Å²) in [5.74, 6) is 1.34. The lowest BCUT2D eigenvalue weighted by Crippen LogP contribution is -2.36. The first kappa shape index (κ1) is 13.9. The molecule has 0 bridgehead atoms. The van der Waals surface area contributed by atoms with E-state index in [1.165, 1.54) is 0 Å². The van der Waals surface area contributed by atoms with Crippen LogP contribution in [0, 0.1) is 18.3 Å². The lowest BCUT2D eigenvalue weighted by molar-refractivity contribution is -0.141. The van der Waals surface area contributed by atoms with Gasteiger partial charge in [-0.05, 0) is 37.5 Å². The molecule has 2 amide bonds. The van der Waals surface area contributed by atoms with Crippen LogP contribution in [0.3, 0.4) is 0 Å². The molecular formula is C15H16N2O3. The summed E-state index contributed by atoms with van der Waals surface area (Å²) in [6, 6.07) is 6.56. The summed E-state index contributed by atoms with van der Waals surface area (Å²) < 4.78 is 0. The van der Waals surface area contributed by atoms with Crippen LogP contribution in [0.15, 0.2) is 24.3 Å². The summed E-state index contributed by atoms with van der Waals surface area (Å²) in [5.41, 5.74) is 1.31. The minimum Gasteiger partial charge on any atom is -0.481 e. The number of urea groups is 1. The van der Waals surface area contributed by atoms with Gasteiger partial charge in [-0.3, -0.25) is 4.79 Å². The number of aliphatic carboxylic acids is 1. The van der Waals surface area contributed by atoms with E-state index >= 15 is 0 Å². The number of hydrogen-bond acceptors (Lipinski definition) is 2. The van der Waals surface area contributed by atoms with E-state index in [4.69, 9.17) is 11.5 Å². The zero-order valence-electron chi connectivity index (χ0n) is 10.9. The molecule has 1 aliphatic carbocycles. The van der Waals surface area contributed by atoms with Crippen molar-refractivity contribution in [3.05, 3.63) is 29.8 Å². The summed E-state index contributed by atoms with van der Waals surface area (Å²) in [6.07, 6.45) is 7.06. The Labute approximate surface area is 117 Å². The van der Waals surface area contributed by atoms with Gasteiger partial charge in [0.2, 0.25) is 0 Å². The molecule has 0 unspecified atom stereocenters. The van der Waals surface area contributed by atoms with Crippen LogP contribution in [-0.4, -0.2) is 23.1 Å². The summed E-state index contributed by atoms with van der Waals surface area (Å²) in [4.78, 5) is 22.7. The maximum Gasteiger partial charge on any atom is 0.319 e. The van der Waals surface area contributed by atoms with Crippen LogP contribution in [0.4, 0.5) is 10.5 Å². The number of carboxylic acids is 1. The highest BCUT2D eigenvalue weighted by Crippen LogP contribution is 2.25. The van der Waals surface area contributed by atoms with Crippen molar-refractivity contribution in [3.63, 3.8) is 0 Å². The average molecular weight is 272 g/mol. The molecule has 2 atom stereocenters. The van der Waals surface area contributed by atoms with Gasteiger partial charge in [-0.2, -0.15) is 0 Å². The molecule has 1 aliphatic rings. The number of amides is 2. The summed E-state index contributed by atoms with van der Waals surface area (Å²) >= 11 is 0. The third-order valence-electron chi connectivity index (χ3n) is 3.40. The second-order valence-electron chi connectivity index (χ2n) is 4.87. The molecule has 0 aliphatic heterocycles. The molecule has 1 aromatic rings. The number of benzene rings is 1. The Bertz CT molecular complexity index is 562. The molecule has 3 N–H and O–H groups in total. The molecule has 5 heteroatoms. The Balaban J connectivity index is 1.87. The fraction of sp³-hybridized carbons (Fsp3) is 0.333. The largest absolute Gasteiger partial charge is 0.481 e. The highest BCUT2D eigenvalue weighted by atomic mass is 16.4. The van der Waals surface area contributed by atoms with E-state index in [0.29, 0.717) is 30.5 Å². The number of hydrogen-bond donors (Lipinski definition) is 3. The zero-order chi connectivity index (χ0) is 14.5. The van der Waals surface area contributed by atoms with E-state index < -0.39 is 5.97 Å². The van der Waals surface area contributed by atoms with E-state index in [2.05, 4.69) is 16.6 Å². The SMILES string of the molecule is C#Cc1cccc(NC(=O)N[C@H]2CC[C@@H](C(=O)O)C2)c1. The quantitative estimate of drug-likeness (QED) is 0.737. The first-order chi connectivity index (χ1) is 9.58. The Morgan fingerprint density at radius 2 is 2.15 bits per heavy atom. The fourth-order valence-corrected chi connectivity index (χ4v) is 2.38. The maximum absolute atomic E-state index is 11.8. The van der Waals surface area contributed by atoms with Crippen molar-refractivity contribution in [2.24, 2.45) is 5.92 Å². The van der Waals surface area contributed by atoms with Gasteiger partial charge in [0.05, 0.1) is 5.92 Å². The minimum atomic E-state index is -0.795. The van der Waals surface area contributed by atoms with Gasteiger partial charge in [-0.1, -0.05) is 12.0 Å². The van der Waals surface area contributed by atoms with Crippen LogP contribution in [0.1, 0.15) is 24.8 Å². The van der Waals surface area contributed by atoms with Crippen molar-refractivity contribution in [2.45, 2.75) is 25.3 Å². The number of nitrogens with one attached hydrogen (secondary N) is 2. The number of carbonyl (C=O) groups excluding carboxylic acids is 1. The molecule has 2 rings (SSSR count). The molecule has 1 fully saturated rings. The fourth-order valence-electron chi connectivity index (χ4n) is 2.38. The van der Waals surface area contributed by atoms with Gasteiger partial charge < -0.3 is 15.7 Å². The highest BCUT2D eigenvalue weighted by Gasteiger charge is 2.30. The highest BCUT2D eigenvalue weighted by molar-refractivity contribution is 5.89. The summed E-state index contributed by atoms with van der Waals surface area (Å²) in [5, 5.41) is 14.4. The standard InChI is InChI=1S/C15H16N2O3/c1-2-10-4-3-5-12(8-10)16-15(20)17-13-7-6-11(9-13)14(18)19/h1,3-5,8,11,13H,6-7,9H2,(H,18,19)(H2,16,17,20)/t11-,13+/m1/s1. The molecule has 1 aromatic carbocycles. The third-order valence-corrected chi connectivity index (χ3v) is 3.40. The third kappa shape index (κ3) is 3.51. The van der Waals surface area contributed by atoms with Gasteiger partial charge in [0, 0.05) is 17.3 Å². The van der Waals surface area contributed by atoms with Crippen LogP contribution < -0.4 is 10.6 Å². The van der Waals surface area contributed by atoms with E-state index in [1.807, 2.05) is 0 Å². The zero-order valence-corrected chi connectivity index (χ0v) is 10.9. The van der Waals surface area contributed by atoms with Crippen LogP contribution >= 0.6 is 0 Å². The first-order valence-electron chi connectivity index (χ1n) is 6.45. The Morgan fingerprint density at radius 1 is 1.35 bits per heavy atom. The van der Waals surface area contributed by atoms with E-state index in [9.17, 15) is 9.59 Å². The van der Waals surface area contributed by atoms with Crippen molar-refractivity contribution in [1.82, 2.24) is 5.32 Å². The molecule has 0 saturated heterocycles. The number of rotatable bonds is 3. The van der Waals surface area contributed by atoms with E-state index in [-0.39, 0.29) is 18.0 Å². The molecule has 0 spiro atoms. The Morgan fingerprint density at radius 3 is 2.80 bits per heavy atom. The van der Waals surface area contributed by atoms with Gasteiger partial charge in [-0.25, -0.2) is 4.79 Å². The molecule has 0 aromatic heterocycles. The van der Waals surface area contributed by atoms with Crippen molar-refractivity contribution >= 4 is 17.7 Å². The van der Waals surface area contributed by atoms with Crippen LogP contribution in [0.25, 0.3) is 0 Å². The van der Waals surface area contributed by atoms with Gasteiger partial charge in [0.15, 0.2) is 0 Å². The number of anilines is 1. The number of terminal acetylenes is 1. The monoisotopic (exact) mass is 272 g/mol. The maximum atomic E-state index is 11.8. The van der Waals surface area contributed by atoms with Gasteiger partial charge >= 0.3 is 12.0 Å². The second kappa shape index (κ2) is 6.11. The van der Waals surface area contributed by atoms with Crippen LogP contribution in [0.2, 0.25) is 0 Å². The van der Waals surface area contributed by atoms with Crippen LogP contribution in [-0.2, 0) is 4.79 Å². The molecule has 104 valence electrons. The smallest absolute Gasteiger partial charge is 0.319 e. The van der Waals surface area contributed by atoms with Gasteiger partial charge in [0.1, 0.15) is 0 Å². The normalized spacial score (nSPS) is 20.9. The van der Waals surface area contributed by atoms with Crippen molar-refractivity contribution < 1.29 is 14.7 Å². The number of carbonyl (C=O) groups is 2. The predicted molar refractivity (Wildman–Crippen MR) is 75.3 cm³/mol. The topological polar surface area (TPSA) is 78.4 Å². The Hall–Kier alpha value is -2.48. The molecule has 0 heterocycles. The van der Waals surface area contributed by atoms with Gasteiger partial charge in [0.25, 0.3) is 0 Å². The van der Waals surface area contributed by atoms with E-state index in [1.54, 1.807) is 24.3 Å². The lowest BCUT2D eigenvalue weighted by Gasteiger charge is -2.13. The molecule has 5 nitrogen and oxygen atoms in total. The van der Waals surface area contributed by atoms with Crippen molar-refractivity contribution in [1.29, 1.82) is 0 Å². The first-order valence-corrected chi connectivity index (χ1v) is 6.45. The summed E-state index contributed by atoms with van der Waals surface area (Å²) in [6.45, 7) is 0. The van der Waals surface area contributed by atoms with Gasteiger partial charge in [-0.15, -0.1) is 6.42 Å². The van der Waals surface area contributed by atoms with Crippen molar-refractivity contribution in [3.8, 4) is 12.3 Å². The summed E-state index contributed by atoms with van der Waals surface area (Å²) in [7, 11) is 0. The molecule has 0 radical (unpaired) electrons. The number of carboxylic acid groups (broad SMARTS) is 1. The Kier molecular flexibility index (Phi) is 4.26. The lowest BCUT2D eigenvalue weighted by atomic mass is 10.1. The van der Waals surface area contributed by atoms with Crippen molar-refractivity contribution in [2.75, 3.05) is 5.32 Å². The minimum absolute atomic E-state index is 0.0908.